The Morgan fingerprint density at radius 1 is 1.00 bits per heavy atom. The molecule has 2 atom stereocenters. The van der Waals surface area contributed by atoms with E-state index in [0.29, 0.717) is 0 Å². The number of rotatable bonds is 1. The molecule has 0 aromatic heterocycles. The zero-order chi connectivity index (χ0) is 9.26. The third-order valence-corrected chi connectivity index (χ3v) is 4.05. The summed E-state index contributed by atoms with van der Waals surface area (Å²) in [6, 6.07) is 0.767. The fraction of sp³-hybridized carbons (Fsp3) is 1.00. The van der Waals surface area contributed by atoms with E-state index in [1.807, 2.05) is 0 Å². The third kappa shape index (κ3) is 2.07. The molecule has 0 bridgehead atoms. The van der Waals surface area contributed by atoms with Gasteiger partial charge in [0.15, 0.2) is 0 Å². The topological polar surface area (TPSA) is 3.24 Å². The summed E-state index contributed by atoms with van der Waals surface area (Å²) in [6.07, 6.45) is 7.50. The van der Waals surface area contributed by atoms with Crippen LogP contribution in [-0.2, 0) is 0 Å². The van der Waals surface area contributed by atoms with E-state index in [4.69, 9.17) is 0 Å². The molecule has 13 heavy (non-hydrogen) atoms. The highest BCUT2D eigenvalue weighted by Crippen LogP contribution is 2.36. The highest BCUT2D eigenvalue weighted by Gasteiger charge is 2.31. The maximum absolute atomic E-state index is 2.67. The maximum Gasteiger partial charge on any atom is 0.00387 e. The fourth-order valence-electron chi connectivity index (χ4n) is 3.10. The van der Waals surface area contributed by atoms with E-state index in [1.165, 1.54) is 45.2 Å². The summed E-state index contributed by atoms with van der Waals surface area (Å²) in [5.74, 6) is 2.13. The predicted octanol–water partition coefficient (Wildman–Crippen LogP) is 2.91. The van der Waals surface area contributed by atoms with Crippen molar-refractivity contribution >= 4 is 0 Å². The van der Waals surface area contributed by atoms with Crippen LogP contribution in [0.4, 0.5) is 0 Å². The lowest BCUT2D eigenvalue weighted by molar-refractivity contribution is 0.0669. The van der Waals surface area contributed by atoms with Gasteiger partial charge in [-0.15, -0.1) is 0 Å². The number of hydrogen-bond donors (Lipinski definition) is 0. The van der Waals surface area contributed by atoms with Crippen LogP contribution in [0.2, 0.25) is 0 Å². The highest BCUT2D eigenvalue weighted by molar-refractivity contribution is 4.84. The van der Waals surface area contributed by atoms with Crippen molar-refractivity contribution in [1.82, 2.24) is 4.90 Å². The van der Waals surface area contributed by atoms with E-state index in [2.05, 4.69) is 18.7 Å². The molecule has 1 aliphatic heterocycles. The summed E-state index contributed by atoms with van der Waals surface area (Å²) < 4.78 is 0. The quantitative estimate of drug-likeness (QED) is 0.601. The maximum atomic E-state index is 2.67. The molecular weight excluding hydrogens is 158 g/mol. The Kier molecular flexibility index (Phi) is 2.92. The molecule has 76 valence electrons. The van der Waals surface area contributed by atoms with Crippen LogP contribution >= 0.6 is 0 Å². The van der Waals surface area contributed by atoms with Crippen LogP contribution in [0.25, 0.3) is 0 Å². The Morgan fingerprint density at radius 2 is 1.69 bits per heavy atom. The largest absolute Gasteiger partial charge is 0.301 e. The van der Waals surface area contributed by atoms with Crippen LogP contribution in [-0.4, -0.2) is 24.0 Å². The Labute approximate surface area is 82.5 Å². The summed E-state index contributed by atoms with van der Waals surface area (Å²) in [7, 11) is 0. The van der Waals surface area contributed by atoms with Gasteiger partial charge in [0.05, 0.1) is 0 Å². The molecule has 1 saturated carbocycles. The van der Waals surface area contributed by atoms with E-state index in [1.54, 1.807) is 0 Å². The molecular formula is C12H23N. The van der Waals surface area contributed by atoms with Crippen molar-refractivity contribution in [1.29, 1.82) is 0 Å². The zero-order valence-electron chi connectivity index (χ0n) is 9.13. The van der Waals surface area contributed by atoms with Crippen LogP contribution in [0.5, 0.6) is 0 Å². The average Bonchev–Trinajstić information content (AvgIpc) is 2.17. The second-order valence-corrected chi connectivity index (χ2v) is 5.18. The van der Waals surface area contributed by atoms with Gasteiger partial charge in [-0.2, -0.15) is 0 Å². The van der Waals surface area contributed by atoms with Crippen molar-refractivity contribution in [3.8, 4) is 0 Å². The minimum Gasteiger partial charge on any atom is -0.301 e. The first-order valence-corrected chi connectivity index (χ1v) is 6.01. The average molecular weight is 181 g/mol. The Morgan fingerprint density at radius 3 is 2.38 bits per heavy atom. The van der Waals surface area contributed by atoms with E-state index >= 15 is 0 Å². The van der Waals surface area contributed by atoms with Crippen LogP contribution in [0.3, 0.4) is 0 Å². The Balaban J connectivity index is 1.91. The minimum absolute atomic E-state index is 0.767. The molecule has 2 aliphatic rings. The molecule has 0 unspecified atom stereocenters. The summed E-state index contributed by atoms with van der Waals surface area (Å²) in [4.78, 5) is 2.67. The van der Waals surface area contributed by atoms with Crippen LogP contribution in [0, 0.1) is 11.8 Å². The summed E-state index contributed by atoms with van der Waals surface area (Å²) >= 11 is 0. The van der Waals surface area contributed by atoms with Crippen LogP contribution in [0.1, 0.15) is 46.0 Å². The number of hydrogen-bond acceptors (Lipinski definition) is 1. The van der Waals surface area contributed by atoms with Crippen molar-refractivity contribution in [3.05, 3.63) is 0 Å². The molecule has 0 radical (unpaired) electrons. The van der Waals surface area contributed by atoms with Gasteiger partial charge in [0.1, 0.15) is 0 Å². The Hall–Kier alpha value is -0.0400. The molecule has 0 N–H and O–H groups in total. The highest BCUT2D eigenvalue weighted by atomic mass is 15.2. The first-order valence-electron chi connectivity index (χ1n) is 6.01. The van der Waals surface area contributed by atoms with Gasteiger partial charge in [-0.3, -0.25) is 0 Å². The lowest BCUT2D eigenvalue weighted by atomic mass is 9.75. The van der Waals surface area contributed by atoms with Gasteiger partial charge < -0.3 is 4.90 Å². The van der Waals surface area contributed by atoms with E-state index in [0.717, 1.165) is 17.9 Å². The molecule has 0 aromatic rings. The van der Waals surface area contributed by atoms with Crippen molar-refractivity contribution in [3.63, 3.8) is 0 Å². The van der Waals surface area contributed by atoms with E-state index in [-0.39, 0.29) is 0 Å². The Bertz CT molecular complexity index is 165. The molecule has 0 aromatic carbocycles. The normalized spacial score (nSPS) is 36.2. The predicted molar refractivity (Wildman–Crippen MR) is 56.8 cm³/mol. The number of fused-ring (bicyclic) bond motifs is 1. The molecule has 1 saturated heterocycles. The SMILES string of the molecule is CC(C)N1CC[C@H]2CCCC[C@@H]2C1. The molecule has 1 aliphatic carbocycles. The second-order valence-electron chi connectivity index (χ2n) is 5.18. The minimum atomic E-state index is 0.767. The molecule has 1 heteroatoms. The summed E-state index contributed by atoms with van der Waals surface area (Å²) in [5.41, 5.74) is 0. The zero-order valence-corrected chi connectivity index (χ0v) is 9.13. The first kappa shape index (κ1) is 9.51. The van der Waals surface area contributed by atoms with Crippen molar-refractivity contribution in [2.75, 3.05) is 13.1 Å². The molecule has 0 spiro atoms. The lowest BCUT2D eigenvalue weighted by Crippen LogP contribution is -2.44. The van der Waals surface area contributed by atoms with Gasteiger partial charge >= 0.3 is 0 Å². The van der Waals surface area contributed by atoms with Crippen LogP contribution in [0.15, 0.2) is 0 Å². The first-order chi connectivity index (χ1) is 6.27. The molecule has 2 rings (SSSR count). The molecule has 0 amide bonds. The van der Waals surface area contributed by atoms with Crippen molar-refractivity contribution in [2.24, 2.45) is 11.8 Å². The number of piperidine rings is 1. The number of nitrogens with zero attached hydrogens (tertiary/aromatic N) is 1. The van der Waals surface area contributed by atoms with Crippen molar-refractivity contribution in [2.45, 2.75) is 52.0 Å². The molecule has 2 fully saturated rings. The molecule has 1 heterocycles. The monoisotopic (exact) mass is 181 g/mol. The smallest absolute Gasteiger partial charge is 0.00387 e. The summed E-state index contributed by atoms with van der Waals surface area (Å²) in [6.45, 7) is 7.42. The molecule has 1 nitrogen and oxygen atoms in total. The third-order valence-electron chi connectivity index (χ3n) is 4.05. The fourth-order valence-corrected chi connectivity index (χ4v) is 3.10. The lowest BCUT2D eigenvalue weighted by Gasteiger charge is -2.42. The number of likely N-dealkylation sites (tertiary alicyclic amines) is 1. The second kappa shape index (κ2) is 4.00. The van der Waals surface area contributed by atoms with Crippen LogP contribution < -0.4 is 0 Å². The van der Waals surface area contributed by atoms with Gasteiger partial charge in [0.25, 0.3) is 0 Å². The summed E-state index contributed by atoms with van der Waals surface area (Å²) in [5, 5.41) is 0. The van der Waals surface area contributed by atoms with E-state index in [9.17, 15) is 0 Å². The van der Waals surface area contributed by atoms with Gasteiger partial charge in [0, 0.05) is 12.6 Å². The van der Waals surface area contributed by atoms with Gasteiger partial charge in [-0.05, 0) is 45.1 Å². The van der Waals surface area contributed by atoms with Gasteiger partial charge in [0.2, 0.25) is 0 Å². The van der Waals surface area contributed by atoms with E-state index < -0.39 is 0 Å². The van der Waals surface area contributed by atoms with Crippen molar-refractivity contribution < 1.29 is 0 Å². The standard InChI is InChI=1S/C12H23N/c1-10(2)13-8-7-11-5-3-4-6-12(11)9-13/h10-12H,3-9H2,1-2H3/t11-,12-/m1/s1. The van der Waals surface area contributed by atoms with Gasteiger partial charge in [-0.25, -0.2) is 0 Å². The van der Waals surface area contributed by atoms with Gasteiger partial charge in [-0.1, -0.05) is 19.3 Å².